The van der Waals surface area contributed by atoms with E-state index in [4.69, 9.17) is 11.5 Å². The Kier molecular flexibility index (Phi) is 4.29. The van der Waals surface area contributed by atoms with Crippen LogP contribution in [0.25, 0.3) is 0 Å². The zero-order valence-corrected chi connectivity index (χ0v) is 10.9. The number of hydrogen-bond acceptors (Lipinski definition) is 2. The molecule has 0 saturated heterocycles. The fourth-order valence-electron chi connectivity index (χ4n) is 1.77. The first-order valence-corrected chi connectivity index (χ1v) is 6.01. The van der Waals surface area contributed by atoms with Gasteiger partial charge in [-0.15, -0.1) is 0 Å². The van der Waals surface area contributed by atoms with Crippen molar-refractivity contribution in [3.05, 3.63) is 35.4 Å². The normalized spacial score (nSPS) is 13.4. The lowest BCUT2D eigenvalue weighted by atomic mass is 9.83. The molecule has 0 fully saturated rings. The zero-order chi connectivity index (χ0) is 13.1. The summed E-state index contributed by atoms with van der Waals surface area (Å²) in [5.74, 6) is -0.307. The monoisotopic (exact) mass is 234 g/mol. The Morgan fingerprint density at radius 2 is 1.82 bits per heavy atom. The molecule has 0 spiro atoms. The summed E-state index contributed by atoms with van der Waals surface area (Å²) < 4.78 is 0. The largest absolute Gasteiger partial charge is 0.369 e. The number of amides is 1. The van der Waals surface area contributed by atoms with E-state index in [1.54, 1.807) is 0 Å². The van der Waals surface area contributed by atoms with E-state index < -0.39 is 5.41 Å². The van der Waals surface area contributed by atoms with Gasteiger partial charge in [0.25, 0.3) is 0 Å². The van der Waals surface area contributed by atoms with Crippen LogP contribution < -0.4 is 11.5 Å². The Balaban J connectivity index is 2.76. The summed E-state index contributed by atoms with van der Waals surface area (Å²) in [5.41, 5.74) is 13.2. The highest BCUT2D eigenvalue weighted by Crippen LogP contribution is 2.28. The summed E-state index contributed by atoms with van der Waals surface area (Å²) in [6.07, 6.45) is 1.58. The van der Waals surface area contributed by atoms with E-state index in [1.807, 2.05) is 26.0 Å². The first-order valence-electron chi connectivity index (χ1n) is 6.01. The first-order chi connectivity index (χ1) is 7.86. The van der Waals surface area contributed by atoms with Crippen molar-refractivity contribution in [1.29, 1.82) is 0 Å². The van der Waals surface area contributed by atoms with Crippen molar-refractivity contribution in [3.63, 3.8) is 0 Å². The molecular formula is C14H22N2O. The van der Waals surface area contributed by atoms with Gasteiger partial charge in [0.05, 0.1) is 0 Å². The molecule has 3 nitrogen and oxygen atoms in total. The van der Waals surface area contributed by atoms with E-state index in [0.29, 0.717) is 6.42 Å². The van der Waals surface area contributed by atoms with Crippen LogP contribution in [-0.2, 0) is 11.2 Å². The molecule has 0 aliphatic carbocycles. The van der Waals surface area contributed by atoms with Gasteiger partial charge in [0.1, 0.15) is 0 Å². The predicted molar refractivity (Wildman–Crippen MR) is 70.3 cm³/mol. The van der Waals surface area contributed by atoms with Gasteiger partial charge in [0, 0.05) is 11.5 Å². The standard InChI is InChI=1S/C14H22N2O/c1-4-10-5-7-11(8-6-10)12(15)9-14(2,3)13(16)17/h5-8,12H,4,9,15H2,1-3H3,(H2,16,17). The number of carbonyl (C=O) groups excluding carboxylic acids is 1. The van der Waals surface area contributed by atoms with Gasteiger partial charge in [-0.3, -0.25) is 4.79 Å². The van der Waals surface area contributed by atoms with E-state index >= 15 is 0 Å². The third-order valence-electron chi connectivity index (χ3n) is 3.21. The fourth-order valence-corrected chi connectivity index (χ4v) is 1.77. The topological polar surface area (TPSA) is 69.1 Å². The quantitative estimate of drug-likeness (QED) is 0.819. The van der Waals surface area contributed by atoms with Crippen LogP contribution in [0.15, 0.2) is 24.3 Å². The molecule has 1 rings (SSSR count). The number of rotatable bonds is 5. The molecule has 1 atom stereocenters. The van der Waals surface area contributed by atoms with Crippen LogP contribution in [0.3, 0.4) is 0 Å². The molecule has 1 unspecified atom stereocenters. The highest BCUT2D eigenvalue weighted by atomic mass is 16.1. The Hall–Kier alpha value is -1.35. The Morgan fingerprint density at radius 3 is 2.24 bits per heavy atom. The minimum Gasteiger partial charge on any atom is -0.369 e. The summed E-state index contributed by atoms with van der Waals surface area (Å²) in [6.45, 7) is 5.77. The first kappa shape index (κ1) is 13.7. The lowest BCUT2D eigenvalue weighted by molar-refractivity contribution is -0.126. The number of primary amides is 1. The van der Waals surface area contributed by atoms with Crippen molar-refractivity contribution in [2.24, 2.45) is 16.9 Å². The highest BCUT2D eigenvalue weighted by molar-refractivity contribution is 5.79. The number of hydrogen-bond donors (Lipinski definition) is 2. The van der Waals surface area contributed by atoms with Gasteiger partial charge in [-0.25, -0.2) is 0 Å². The Bertz CT molecular complexity index is 382. The molecule has 0 bridgehead atoms. The minimum absolute atomic E-state index is 0.150. The second kappa shape index (κ2) is 5.32. The molecule has 1 aromatic carbocycles. The van der Waals surface area contributed by atoms with Gasteiger partial charge in [0.2, 0.25) is 5.91 Å². The fraction of sp³-hybridized carbons (Fsp3) is 0.500. The molecule has 4 N–H and O–H groups in total. The summed E-state index contributed by atoms with van der Waals surface area (Å²) in [4.78, 5) is 11.3. The van der Waals surface area contributed by atoms with Crippen LogP contribution in [0, 0.1) is 5.41 Å². The summed E-state index contributed by atoms with van der Waals surface area (Å²) in [6, 6.07) is 8.06. The molecule has 1 amide bonds. The van der Waals surface area contributed by atoms with Crippen LogP contribution in [-0.4, -0.2) is 5.91 Å². The maximum absolute atomic E-state index is 11.3. The predicted octanol–water partition coefficient (Wildman–Crippen LogP) is 2.15. The third-order valence-corrected chi connectivity index (χ3v) is 3.21. The van der Waals surface area contributed by atoms with Gasteiger partial charge >= 0.3 is 0 Å². The van der Waals surface area contributed by atoms with Crippen molar-refractivity contribution >= 4 is 5.91 Å². The number of nitrogens with two attached hydrogens (primary N) is 2. The van der Waals surface area contributed by atoms with E-state index in [0.717, 1.165) is 12.0 Å². The molecule has 0 aliphatic heterocycles. The van der Waals surface area contributed by atoms with E-state index in [-0.39, 0.29) is 11.9 Å². The maximum Gasteiger partial charge on any atom is 0.223 e. The van der Waals surface area contributed by atoms with Crippen molar-refractivity contribution < 1.29 is 4.79 Å². The van der Waals surface area contributed by atoms with E-state index in [2.05, 4.69) is 19.1 Å². The van der Waals surface area contributed by atoms with Gasteiger partial charge in [-0.05, 0) is 24.0 Å². The number of benzene rings is 1. The van der Waals surface area contributed by atoms with Gasteiger partial charge in [0.15, 0.2) is 0 Å². The van der Waals surface area contributed by atoms with Crippen LogP contribution in [0.1, 0.15) is 44.4 Å². The van der Waals surface area contributed by atoms with Gasteiger partial charge < -0.3 is 11.5 Å². The average molecular weight is 234 g/mol. The minimum atomic E-state index is -0.567. The molecule has 0 radical (unpaired) electrons. The van der Waals surface area contributed by atoms with E-state index in [9.17, 15) is 4.79 Å². The molecular weight excluding hydrogens is 212 g/mol. The molecule has 0 aliphatic rings. The lowest BCUT2D eigenvalue weighted by Crippen LogP contribution is -2.34. The number of aryl methyl sites for hydroxylation is 1. The molecule has 0 saturated carbocycles. The van der Waals surface area contributed by atoms with Gasteiger partial charge in [-0.2, -0.15) is 0 Å². The van der Waals surface area contributed by atoms with Crippen LogP contribution in [0.2, 0.25) is 0 Å². The summed E-state index contributed by atoms with van der Waals surface area (Å²) in [7, 11) is 0. The van der Waals surface area contributed by atoms with Gasteiger partial charge in [-0.1, -0.05) is 45.0 Å². The molecule has 17 heavy (non-hydrogen) atoms. The van der Waals surface area contributed by atoms with Crippen molar-refractivity contribution in [2.75, 3.05) is 0 Å². The average Bonchev–Trinajstić information content (AvgIpc) is 2.28. The second-order valence-electron chi connectivity index (χ2n) is 5.15. The zero-order valence-electron chi connectivity index (χ0n) is 10.9. The van der Waals surface area contributed by atoms with Crippen molar-refractivity contribution in [1.82, 2.24) is 0 Å². The smallest absolute Gasteiger partial charge is 0.223 e. The maximum atomic E-state index is 11.3. The van der Waals surface area contributed by atoms with E-state index in [1.165, 1.54) is 5.56 Å². The highest BCUT2D eigenvalue weighted by Gasteiger charge is 2.27. The molecule has 0 heterocycles. The summed E-state index contributed by atoms with van der Waals surface area (Å²) >= 11 is 0. The molecule has 0 aromatic heterocycles. The molecule has 1 aromatic rings. The number of carbonyl (C=O) groups is 1. The van der Waals surface area contributed by atoms with Crippen LogP contribution in [0.5, 0.6) is 0 Å². The Morgan fingerprint density at radius 1 is 1.29 bits per heavy atom. The SMILES string of the molecule is CCc1ccc(C(N)CC(C)(C)C(N)=O)cc1. The summed E-state index contributed by atoms with van der Waals surface area (Å²) in [5, 5.41) is 0. The lowest BCUT2D eigenvalue weighted by Gasteiger charge is -2.24. The van der Waals surface area contributed by atoms with Crippen molar-refractivity contribution in [2.45, 2.75) is 39.7 Å². The van der Waals surface area contributed by atoms with Crippen LogP contribution >= 0.6 is 0 Å². The molecule has 3 heteroatoms. The second-order valence-corrected chi connectivity index (χ2v) is 5.15. The third kappa shape index (κ3) is 3.56. The van der Waals surface area contributed by atoms with Crippen LogP contribution in [0.4, 0.5) is 0 Å². The molecule has 94 valence electrons. The van der Waals surface area contributed by atoms with Crippen molar-refractivity contribution in [3.8, 4) is 0 Å². The Labute approximate surface area is 103 Å².